The number of carbonyl (C=O) groups is 2. The van der Waals surface area contributed by atoms with Crippen LogP contribution in [0.4, 0.5) is 0 Å². The topological polar surface area (TPSA) is 102 Å². The van der Waals surface area contributed by atoms with Crippen molar-refractivity contribution in [1.29, 1.82) is 0 Å². The van der Waals surface area contributed by atoms with Gasteiger partial charge in [0.15, 0.2) is 0 Å². The van der Waals surface area contributed by atoms with Gasteiger partial charge >= 0.3 is 18.9 Å². The molecule has 1 amide bonds. The molecule has 33 heavy (non-hydrogen) atoms. The average molecular weight is 467 g/mol. The van der Waals surface area contributed by atoms with Crippen LogP contribution in [0.5, 0.6) is 5.75 Å². The zero-order valence-electron chi connectivity index (χ0n) is 20.9. The predicted molar refractivity (Wildman–Crippen MR) is 124 cm³/mol. The summed E-state index contributed by atoms with van der Waals surface area (Å²) < 4.78 is 5.56. The Morgan fingerprint density at radius 3 is 2.18 bits per heavy atom. The normalized spacial score (nSPS) is 23.3. The monoisotopic (exact) mass is 466 g/mol. The van der Waals surface area contributed by atoms with E-state index in [1.54, 1.807) is 13.1 Å². The van der Waals surface area contributed by atoms with Crippen LogP contribution in [-0.2, 0) is 25.2 Å². The van der Waals surface area contributed by atoms with E-state index in [4.69, 9.17) is 4.74 Å². The molecule has 2 aliphatic rings. The number of rotatable bonds is 4. The van der Waals surface area contributed by atoms with Gasteiger partial charge in [-0.1, -0.05) is 41.5 Å². The van der Waals surface area contributed by atoms with Gasteiger partial charge in [-0.3, -0.25) is 9.69 Å². The molecule has 0 bridgehead atoms. The number of β-lactam (4-membered cyclic amide) rings is 1. The molecule has 174 valence electrons. The van der Waals surface area contributed by atoms with Crippen molar-refractivity contribution in [2.24, 2.45) is 4.99 Å². The Hall–Kier alpha value is -1.72. The molecule has 9 heteroatoms. The van der Waals surface area contributed by atoms with E-state index >= 15 is 0 Å². The molecule has 0 spiro atoms. The van der Waals surface area contributed by atoms with E-state index in [0.717, 1.165) is 16.7 Å². The largest absolute Gasteiger partial charge is 1.00 e. The van der Waals surface area contributed by atoms with Gasteiger partial charge in [0.2, 0.25) is 0 Å². The molecule has 7 nitrogen and oxygen atoms in total. The first-order chi connectivity index (χ1) is 14.6. The van der Waals surface area contributed by atoms with E-state index in [9.17, 15) is 19.8 Å². The van der Waals surface area contributed by atoms with E-state index in [0.29, 0.717) is 11.3 Å². The van der Waals surface area contributed by atoms with Gasteiger partial charge in [0, 0.05) is 30.2 Å². The van der Waals surface area contributed by atoms with Gasteiger partial charge < -0.3 is 19.7 Å². The van der Waals surface area contributed by atoms with Crippen LogP contribution in [0.15, 0.2) is 28.4 Å². The number of aromatic hydroxyl groups is 1. The number of ether oxygens (including phenoxy) is 1. The van der Waals surface area contributed by atoms with Crippen LogP contribution in [-0.4, -0.2) is 52.1 Å². The van der Waals surface area contributed by atoms with Crippen molar-refractivity contribution in [2.45, 2.75) is 70.4 Å². The van der Waals surface area contributed by atoms with Gasteiger partial charge in [0.1, 0.15) is 11.1 Å². The standard InChI is InChI=1S/C24H32N2O5S.Li/c1-13-12-32-21-24(31-8,20(30)26(21)17(13)19(28)29)25-11-14-9-15(22(2,3)4)18(27)16(10-14)23(5,6)7;/h9-11,21,27H,12H2,1-8H3,(H,28,29);/q;+1/p-1/t21-,24-;/m0./s1. The van der Waals surface area contributed by atoms with E-state index < -0.39 is 23.0 Å². The van der Waals surface area contributed by atoms with Crippen LogP contribution >= 0.6 is 11.8 Å². The first kappa shape index (κ1) is 27.5. The predicted octanol–water partition coefficient (Wildman–Crippen LogP) is -0.308. The number of carbonyl (C=O) groups excluding carboxylic acids is 2. The van der Waals surface area contributed by atoms with E-state index in [1.807, 2.05) is 53.7 Å². The fourth-order valence-corrected chi connectivity index (χ4v) is 5.43. The second-order valence-corrected chi connectivity index (χ2v) is 11.4. The number of hydrogen-bond donors (Lipinski definition) is 1. The third kappa shape index (κ3) is 4.63. The van der Waals surface area contributed by atoms with Crippen molar-refractivity contribution in [3.63, 3.8) is 0 Å². The number of fused-ring (bicyclic) bond motifs is 1. The first-order valence-corrected chi connectivity index (χ1v) is 11.5. The van der Waals surface area contributed by atoms with Crippen LogP contribution in [0, 0.1) is 0 Å². The minimum atomic E-state index is -1.51. The van der Waals surface area contributed by atoms with Crippen LogP contribution in [0.3, 0.4) is 0 Å². The second kappa shape index (κ2) is 9.14. The number of aliphatic imine (C=N–C) groups is 1. The minimum absolute atomic E-state index is 0. The average Bonchev–Trinajstić information content (AvgIpc) is 2.67. The van der Waals surface area contributed by atoms with E-state index in [2.05, 4.69) is 4.99 Å². The molecular weight excluding hydrogens is 435 g/mol. The zero-order valence-corrected chi connectivity index (χ0v) is 21.7. The Bertz CT molecular complexity index is 1000. The van der Waals surface area contributed by atoms with Gasteiger partial charge in [0.05, 0.1) is 11.7 Å². The number of thioether (sulfide) groups is 1. The number of methoxy groups -OCH3 is 1. The van der Waals surface area contributed by atoms with Gasteiger partial charge in [-0.2, -0.15) is 0 Å². The molecule has 2 aliphatic heterocycles. The van der Waals surface area contributed by atoms with Crippen molar-refractivity contribution < 1.29 is 43.4 Å². The molecule has 0 saturated carbocycles. The van der Waals surface area contributed by atoms with E-state index in [-0.39, 0.29) is 41.1 Å². The molecule has 1 N–H and O–H groups in total. The van der Waals surface area contributed by atoms with Crippen LogP contribution in [0.25, 0.3) is 0 Å². The molecule has 3 rings (SSSR count). The summed E-state index contributed by atoms with van der Waals surface area (Å²) in [6.07, 6.45) is 1.58. The molecule has 0 radical (unpaired) electrons. The third-order valence-electron chi connectivity index (χ3n) is 5.86. The molecule has 2 heterocycles. The number of amides is 1. The summed E-state index contributed by atoms with van der Waals surface area (Å²) >= 11 is 1.41. The quantitative estimate of drug-likeness (QED) is 0.371. The third-order valence-corrected chi connectivity index (χ3v) is 7.30. The summed E-state index contributed by atoms with van der Waals surface area (Å²) in [7, 11) is 1.40. The van der Waals surface area contributed by atoms with Gasteiger partial charge in [0.25, 0.3) is 11.6 Å². The Balaban J connectivity index is 0.00000385. The van der Waals surface area contributed by atoms with Crippen molar-refractivity contribution >= 4 is 29.9 Å². The summed E-state index contributed by atoms with van der Waals surface area (Å²) in [4.78, 5) is 30.4. The molecular formula is C24H31LiN2O5S. The van der Waals surface area contributed by atoms with Gasteiger partial charge in [-0.15, -0.1) is 11.8 Å². The summed E-state index contributed by atoms with van der Waals surface area (Å²) in [5.41, 5.74) is 0.657. The first-order valence-electron chi connectivity index (χ1n) is 10.5. The maximum absolute atomic E-state index is 13.0. The van der Waals surface area contributed by atoms with Gasteiger partial charge in [-0.05, 0) is 41.0 Å². The number of nitrogens with zero attached hydrogens (tertiary/aromatic N) is 2. The molecule has 1 aromatic carbocycles. The smallest absolute Gasteiger partial charge is 0.543 e. The molecule has 1 saturated heterocycles. The number of carboxylic acids is 1. The summed E-state index contributed by atoms with van der Waals surface area (Å²) in [6, 6.07) is 3.73. The maximum atomic E-state index is 13.0. The Morgan fingerprint density at radius 2 is 1.76 bits per heavy atom. The molecule has 0 aromatic heterocycles. The number of aliphatic carboxylic acids is 1. The summed E-state index contributed by atoms with van der Waals surface area (Å²) in [5, 5.41) is 21.9. The van der Waals surface area contributed by atoms with Crippen molar-refractivity contribution in [2.75, 3.05) is 12.9 Å². The minimum Gasteiger partial charge on any atom is -0.543 e. The fraction of sp³-hybridized carbons (Fsp3) is 0.542. The SMILES string of the molecule is CO[C@@]1(N=Cc2cc(C(C)(C)C)c(O)c(C(C)(C)C)c2)C(=O)N2C(C(=O)[O-])=C(C)CS[C@H]21.[Li+]. The summed E-state index contributed by atoms with van der Waals surface area (Å²) in [5.74, 6) is -1.20. The van der Waals surface area contributed by atoms with Crippen molar-refractivity contribution in [1.82, 2.24) is 4.90 Å². The van der Waals surface area contributed by atoms with Gasteiger partial charge in [-0.25, -0.2) is 4.99 Å². The number of hydrogen-bond acceptors (Lipinski definition) is 7. The van der Waals surface area contributed by atoms with Crippen molar-refractivity contribution in [3.8, 4) is 5.75 Å². The Morgan fingerprint density at radius 1 is 1.24 bits per heavy atom. The fourth-order valence-electron chi connectivity index (χ4n) is 4.06. The molecule has 0 unspecified atom stereocenters. The van der Waals surface area contributed by atoms with E-state index in [1.165, 1.54) is 23.8 Å². The zero-order chi connectivity index (χ0) is 24.2. The maximum Gasteiger partial charge on any atom is 1.00 e. The molecule has 1 aromatic rings. The van der Waals surface area contributed by atoms with Crippen LogP contribution in [0.1, 0.15) is 65.2 Å². The summed E-state index contributed by atoms with van der Waals surface area (Å²) in [6.45, 7) is 13.8. The van der Waals surface area contributed by atoms with Crippen LogP contribution < -0.4 is 24.0 Å². The molecule has 0 aliphatic carbocycles. The Kier molecular flexibility index (Phi) is 7.63. The molecule has 1 fully saturated rings. The number of benzene rings is 1. The Labute approximate surface area is 211 Å². The molecule has 2 atom stereocenters. The van der Waals surface area contributed by atoms with Crippen molar-refractivity contribution in [3.05, 3.63) is 40.1 Å². The van der Waals surface area contributed by atoms with Crippen LogP contribution in [0.2, 0.25) is 0 Å². The number of phenolic OH excluding ortho intramolecular Hbond substituents is 1. The number of phenols is 1. The number of carboxylic acid groups (broad SMARTS) is 1. The second-order valence-electron chi connectivity index (χ2n) is 10.4.